The van der Waals surface area contributed by atoms with Gasteiger partial charge in [0.1, 0.15) is 24.9 Å². The van der Waals surface area contributed by atoms with Crippen molar-refractivity contribution in [3.05, 3.63) is 99.6 Å². The topological polar surface area (TPSA) is 97.1 Å². The van der Waals surface area contributed by atoms with E-state index in [0.29, 0.717) is 19.6 Å². The van der Waals surface area contributed by atoms with Crippen LogP contribution in [0.3, 0.4) is 0 Å². The van der Waals surface area contributed by atoms with E-state index >= 15 is 0 Å². The van der Waals surface area contributed by atoms with Gasteiger partial charge in [-0.2, -0.15) is 0 Å². The Balaban J connectivity index is 1.61. The quantitative estimate of drug-likeness (QED) is 0.265. The van der Waals surface area contributed by atoms with Crippen molar-refractivity contribution in [1.82, 2.24) is 0 Å². The van der Waals surface area contributed by atoms with Gasteiger partial charge in [-0.05, 0) is 11.1 Å². The second kappa shape index (κ2) is 10.6. The van der Waals surface area contributed by atoms with E-state index in [0.717, 1.165) is 11.1 Å². The Hall–Kier alpha value is -3.91. The molecule has 0 aliphatic carbocycles. The number of rotatable bonds is 9. The smallest absolute Gasteiger partial charge is 0.345 e. The average molecular weight is 449 g/mol. The number of ether oxygens (including phenoxy) is 4. The van der Waals surface area contributed by atoms with Crippen LogP contribution in [-0.4, -0.2) is 30.2 Å². The van der Waals surface area contributed by atoms with Crippen molar-refractivity contribution < 1.29 is 28.7 Å². The van der Waals surface area contributed by atoms with Crippen LogP contribution in [0.4, 0.5) is 5.69 Å². The minimum absolute atomic E-state index is 0.00422. The molecule has 1 heterocycles. The second-order valence-electron chi connectivity index (χ2n) is 7.51. The number of carbonyl (C=O) groups is 1. The molecule has 0 N–H and O–H groups in total. The number of benzene rings is 3. The summed E-state index contributed by atoms with van der Waals surface area (Å²) in [4.78, 5) is 23.9. The van der Waals surface area contributed by atoms with E-state index < -0.39 is 16.6 Å². The monoisotopic (exact) mass is 449 g/mol. The molecule has 4 rings (SSSR count). The van der Waals surface area contributed by atoms with Gasteiger partial charge in [0.25, 0.3) is 5.69 Å². The lowest BCUT2D eigenvalue weighted by atomic mass is 10.1. The summed E-state index contributed by atoms with van der Waals surface area (Å²) < 4.78 is 22.6. The van der Waals surface area contributed by atoms with E-state index in [1.54, 1.807) is 12.1 Å². The summed E-state index contributed by atoms with van der Waals surface area (Å²) in [6.45, 7) is 1.13. The highest BCUT2D eigenvalue weighted by molar-refractivity contribution is 5.95. The first-order chi connectivity index (χ1) is 16.1. The minimum Gasteiger partial charge on any atom is -0.485 e. The molecule has 0 unspecified atom stereocenters. The van der Waals surface area contributed by atoms with Gasteiger partial charge in [0, 0.05) is 12.5 Å². The Bertz CT molecular complexity index is 1100. The molecule has 1 aliphatic rings. The number of nitro groups is 1. The summed E-state index contributed by atoms with van der Waals surface area (Å²) in [6, 6.07) is 21.0. The molecular formula is C25H23NO7. The fourth-order valence-corrected chi connectivity index (χ4v) is 3.39. The van der Waals surface area contributed by atoms with Crippen LogP contribution in [0.1, 0.15) is 27.9 Å². The lowest BCUT2D eigenvalue weighted by molar-refractivity contribution is -0.385. The predicted octanol–water partition coefficient (Wildman–Crippen LogP) is 4.70. The number of hydrogen-bond acceptors (Lipinski definition) is 7. The summed E-state index contributed by atoms with van der Waals surface area (Å²) in [5, 5.41) is 11.8. The maximum absolute atomic E-state index is 12.8. The molecule has 0 radical (unpaired) electrons. The van der Waals surface area contributed by atoms with E-state index in [2.05, 4.69) is 0 Å². The van der Waals surface area contributed by atoms with Crippen molar-refractivity contribution >= 4 is 11.7 Å². The van der Waals surface area contributed by atoms with Gasteiger partial charge >= 0.3 is 5.97 Å². The van der Waals surface area contributed by atoms with E-state index in [9.17, 15) is 14.9 Å². The standard InChI is InChI=1S/C25H23NO7/c27-25(32-16-19-9-5-2-6-10-19)21-13-24(33-20-11-12-30-17-20)23(14-22(21)26(28)29)31-15-18-7-3-1-4-8-18/h1-10,13-14,20H,11-12,15-17H2/t20-/m0/s1. The first-order valence-electron chi connectivity index (χ1n) is 10.5. The second-order valence-corrected chi connectivity index (χ2v) is 7.51. The first kappa shape index (κ1) is 22.3. The van der Waals surface area contributed by atoms with Crippen LogP contribution in [0.25, 0.3) is 0 Å². The molecule has 0 aromatic heterocycles. The van der Waals surface area contributed by atoms with Crippen molar-refractivity contribution in [3.63, 3.8) is 0 Å². The van der Waals surface area contributed by atoms with Crippen molar-refractivity contribution in [3.8, 4) is 11.5 Å². The van der Waals surface area contributed by atoms with Gasteiger partial charge in [0.2, 0.25) is 0 Å². The molecule has 33 heavy (non-hydrogen) atoms. The predicted molar refractivity (Wildman–Crippen MR) is 119 cm³/mol. The highest BCUT2D eigenvalue weighted by atomic mass is 16.6. The third kappa shape index (κ3) is 5.87. The number of nitrogens with zero attached hydrogens (tertiary/aromatic N) is 1. The van der Waals surface area contributed by atoms with Crippen molar-refractivity contribution in [1.29, 1.82) is 0 Å². The molecule has 170 valence electrons. The maximum atomic E-state index is 12.8. The van der Waals surface area contributed by atoms with Crippen LogP contribution in [-0.2, 0) is 22.7 Å². The fourth-order valence-electron chi connectivity index (χ4n) is 3.39. The molecule has 0 amide bonds. The molecule has 0 bridgehead atoms. The van der Waals surface area contributed by atoms with Crippen molar-refractivity contribution in [2.24, 2.45) is 0 Å². The van der Waals surface area contributed by atoms with Gasteiger partial charge < -0.3 is 18.9 Å². The van der Waals surface area contributed by atoms with Crippen LogP contribution < -0.4 is 9.47 Å². The Morgan fingerprint density at radius 2 is 1.64 bits per heavy atom. The number of hydrogen-bond donors (Lipinski definition) is 0. The molecule has 0 spiro atoms. The number of nitro benzene ring substituents is 1. The zero-order valence-electron chi connectivity index (χ0n) is 17.8. The number of esters is 1. The third-order valence-corrected chi connectivity index (χ3v) is 5.11. The van der Waals surface area contributed by atoms with Crippen LogP contribution in [0.2, 0.25) is 0 Å². The molecular weight excluding hydrogens is 426 g/mol. The van der Waals surface area contributed by atoms with Gasteiger partial charge in [-0.3, -0.25) is 10.1 Å². The Morgan fingerprint density at radius 1 is 0.970 bits per heavy atom. The molecule has 1 atom stereocenters. The SMILES string of the molecule is O=C(OCc1ccccc1)c1cc(O[C@H]2CCOC2)c(OCc2ccccc2)cc1[N+](=O)[O-]. The van der Waals surface area contributed by atoms with Gasteiger partial charge in [-0.25, -0.2) is 4.79 Å². The van der Waals surface area contributed by atoms with E-state index in [-0.39, 0.29) is 36.4 Å². The molecule has 1 aliphatic heterocycles. The zero-order chi connectivity index (χ0) is 23.0. The molecule has 8 nitrogen and oxygen atoms in total. The summed E-state index contributed by atoms with van der Waals surface area (Å²) in [6.07, 6.45) is 0.432. The Morgan fingerprint density at radius 3 is 2.24 bits per heavy atom. The summed E-state index contributed by atoms with van der Waals surface area (Å²) >= 11 is 0. The average Bonchev–Trinajstić information content (AvgIpc) is 3.36. The van der Waals surface area contributed by atoms with E-state index in [4.69, 9.17) is 18.9 Å². The normalized spacial score (nSPS) is 15.1. The highest BCUT2D eigenvalue weighted by Crippen LogP contribution is 2.37. The Labute approximate surface area is 190 Å². The molecule has 0 saturated carbocycles. The van der Waals surface area contributed by atoms with E-state index in [1.807, 2.05) is 48.5 Å². The lowest BCUT2D eigenvalue weighted by Gasteiger charge is -2.17. The summed E-state index contributed by atoms with van der Waals surface area (Å²) in [7, 11) is 0. The third-order valence-electron chi connectivity index (χ3n) is 5.11. The highest BCUT2D eigenvalue weighted by Gasteiger charge is 2.28. The van der Waals surface area contributed by atoms with Crippen molar-refractivity contribution in [2.75, 3.05) is 13.2 Å². The van der Waals surface area contributed by atoms with Crippen molar-refractivity contribution in [2.45, 2.75) is 25.7 Å². The summed E-state index contributed by atoms with van der Waals surface area (Å²) in [5.74, 6) is -0.400. The van der Waals surface area contributed by atoms with Gasteiger partial charge in [0.05, 0.1) is 24.2 Å². The molecule has 3 aromatic rings. The van der Waals surface area contributed by atoms with E-state index in [1.165, 1.54) is 12.1 Å². The van der Waals surface area contributed by atoms with Gasteiger partial charge in [0.15, 0.2) is 11.5 Å². The molecule has 1 fully saturated rings. The lowest BCUT2D eigenvalue weighted by Crippen LogP contribution is -2.17. The molecule has 8 heteroatoms. The van der Waals surface area contributed by atoms with Crippen LogP contribution in [0.5, 0.6) is 11.5 Å². The minimum atomic E-state index is -0.812. The largest absolute Gasteiger partial charge is 0.485 e. The van der Waals surface area contributed by atoms with Crippen LogP contribution in [0.15, 0.2) is 72.8 Å². The number of carbonyl (C=O) groups excluding carboxylic acids is 1. The Kier molecular flexibility index (Phi) is 7.16. The van der Waals surface area contributed by atoms with Crippen LogP contribution in [0, 0.1) is 10.1 Å². The summed E-state index contributed by atoms with van der Waals surface area (Å²) in [5.41, 5.74) is 1.06. The molecule has 3 aromatic carbocycles. The first-order valence-corrected chi connectivity index (χ1v) is 10.5. The maximum Gasteiger partial charge on any atom is 0.345 e. The molecule has 1 saturated heterocycles. The van der Waals surface area contributed by atoms with Crippen LogP contribution >= 0.6 is 0 Å². The van der Waals surface area contributed by atoms with Gasteiger partial charge in [-0.15, -0.1) is 0 Å². The zero-order valence-corrected chi connectivity index (χ0v) is 17.8. The fraction of sp³-hybridized carbons (Fsp3) is 0.240. The van der Waals surface area contributed by atoms with Gasteiger partial charge in [-0.1, -0.05) is 60.7 Å².